The number of hydrogen-bond donors (Lipinski definition) is 0. The minimum absolute atomic E-state index is 0.0832. The van der Waals surface area contributed by atoms with Gasteiger partial charge in [-0.15, -0.1) is 0 Å². The van der Waals surface area contributed by atoms with E-state index in [1.807, 2.05) is 19.9 Å². The standard InChI is InChI=1S/C23H21N3O4S2/c1-14(2)13-26-22(28)18(32-23(26)31)12-15-20(30-17-9-5-4-8-16(17)29-3)24-19-10-6-7-11-25(19)21(15)27/h4-12,14H,13H2,1-3H3. The summed E-state index contributed by atoms with van der Waals surface area (Å²) < 4.78 is 13.3. The molecule has 1 saturated heterocycles. The monoisotopic (exact) mass is 467 g/mol. The van der Waals surface area contributed by atoms with Crippen LogP contribution in [0.3, 0.4) is 0 Å². The molecule has 32 heavy (non-hydrogen) atoms. The average molecular weight is 468 g/mol. The number of thioether (sulfide) groups is 1. The number of nitrogens with zero attached hydrogens (tertiary/aromatic N) is 3. The van der Waals surface area contributed by atoms with E-state index in [-0.39, 0.29) is 28.8 Å². The molecule has 0 aliphatic carbocycles. The molecule has 0 radical (unpaired) electrons. The number of thiocarbonyl (C=S) groups is 1. The highest BCUT2D eigenvalue weighted by atomic mass is 32.2. The summed E-state index contributed by atoms with van der Waals surface area (Å²) in [6.45, 7) is 4.55. The van der Waals surface area contributed by atoms with E-state index in [1.54, 1.807) is 47.5 Å². The number of ether oxygens (including phenoxy) is 2. The Morgan fingerprint density at radius 3 is 2.56 bits per heavy atom. The number of fused-ring (bicyclic) bond motifs is 1. The number of hydrogen-bond acceptors (Lipinski definition) is 7. The van der Waals surface area contributed by atoms with Crippen molar-refractivity contribution in [2.75, 3.05) is 13.7 Å². The first-order valence-corrected chi connectivity index (χ1v) is 11.2. The maximum atomic E-state index is 13.3. The predicted molar refractivity (Wildman–Crippen MR) is 129 cm³/mol. The maximum absolute atomic E-state index is 13.3. The zero-order chi connectivity index (χ0) is 22.8. The van der Waals surface area contributed by atoms with Crippen molar-refractivity contribution in [3.05, 3.63) is 69.5 Å². The van der Waals surface area contributed by atoms with Gasteiger partial charge in [0.2, 0.25) is 5.88 Å². The van der Waals surface area contributed by atoms with Crippen LogP contribution < -0.4 is 15.0 Å². The average Bonchev–Trinajstić information content (AvgIpc) is 3.03. The Bertz CT molecular complexity index is 1300. The van der Waals surface area contributed by atoms with Crippen LogP contribution in [-0.4, -0.2) is 38.2 Å². The van der Waals surface area contributed by atoms with Crippen molar-refractivity contribution >= 4 is 45.9 Å². The summed E-state index contributed by atoms with van der Waals surface area (Å²) in [6.07, 6.45) is 3.14. The van der Waals surface area contributed by atoms with Crippen molar-refractivity contribution in [3.63, 3.8) is 0 Å². The lowest BCUT2D eigenvalue weighted by atomic mass is 10.2. The molecule has 9 heteroatoms. The van der Waals surface area contributed by atoms with Gasteiger partial charge in [-0.2, -0.15) is 4.98 Å². The summed E-state index contributed by atoms with van der Waals surface area (Å²) >= 11 is 6.56. The fraction of sp³-hybridized carbons (Fsp3) is 0.217. The molecule has 7 nitrogen and oxygen atoms in total. The van der Waals surface area contributed by atoms with Crippen molar-refractivity contribution in [3.8, 4) is 17.4 Å². The molecular formula is C23H21N3O4S2. The van der Waals surface area contributed by atoms with Crippen LogP contribution in [0.4, 0.5) is 0 Å². The lowest BCUT2D eigenvalue weighted by molar-refractivity contribution is -0.122. The van der Waals surface area contributed by atoms with Gasteiger partial charge >= 0.3 is 0 Å². The van der Waals surface area contributed by atoms with Gasteiger partial charge in [-0.1, -0.05) is 56.0 Å². The van der Waals surface area contributed by atoms with E-state index in [0.717, 1.165) is 0 Å². The Morgan fingerprint density at radius 2 is 1.84 bits per heavy atom. The van der Waals surface area contributed by atoms with Crippen LogP contribution in [-0.2, 0) is 4.79 Å². The predicted octanol–water partition coefficient (Wildman–Crippen LogP) is 4.35. The molecule has 0 unspecified atom stereocenters. The van der Waals surface area contributed by atoms with Gasteiger partial charge in [0.15, 0.2) is 11.5 Å². The third-order valence-electron chi connectivity index (χ3n) is 4.71. The van der Waals surface area contributed by atoms with E-state index < -0.39 is 0 Å². The van der Waals surface area contributed by atoms with Crippen LogP contribution in [0.2, 0.25) is 0 Å². The second-order valence-electron chi connectivity index (χ2n) is 7.50. The van der Waals surface area contributed by atoms with Crippen LogP contribution in [0.25, 0.3) is 11.7 Å². The molecular weight excluding hydrogens is 446 g/mol. The summed E-state index contributed by atoms with van der Waals surface area (Å²) in [5, 5.41) is 0. The van der Waals surface area contributed by atoms with Crippen molar-refractivity contribution < 1.29 is 14.3 Å². The Hall–Kier alpha value is -3.17. The maximum Gasteiger partial charge on any atom is 0.269 e. The minimum Gasteiger partial charge on any atom is -0.493 e. The third kappa shape index (κ3) is 4.26. The van der Waals surface area contributed by atoms with Gasteiger partial charge in [0, 0.05) is 12.7 Å². The number of pyridine rings is 1. The number of rotatable bonds is 6. The van der Waals surface area contributed by atoms with Gasteiger partial charge in [0.1, 0.15) is 15.5 Å². The number of carbonyl (C=O) groups is 1. The minimum atomic E-state index is -0.352. The molecule has 1 aliphatic heterocycles. The first kappa shape index (κ1) is 22.0. The fourth-order valence-electron chi connectivity index (χ4n) is 3.24. The van der Waals surface area contributed by atoms with Crippen LogP contribution in [0, 0.1) is 5.92 Å². The quantitative estimate of drug-likeness (QED) is 0.394. The normalized spacial score (nSPS) is 15.2. The van der Waals surface area contributed by atoms with Crippen LogP contribution in [0.15, 0.2) is 58.4 Å². The van der Waals surface area contributed by atoms with Gasteiger partial charge in [-0.3, -0.25) is 18.9 Å². The lowest BCUT2D eigenvalue weighted by Crippen LogP contribution is -2.31. The highest BCUT2D eigenvalue weighted by Gasteiger charge is 2.33. The largest absolute Gasteiger partial charge is 0.493 e. The van der Waals surface area contributed by atoms with E-state index in [4.69, 9.17) is 21.7 Å². The SMILES string of the molecule is COc1ccccc1Oc1nc2ccccn2c(=O)c1C=C1SC(=S)N(CC(C)C)C1=O. The Kier molecular flexibility index (Phi) is 6.29. The molecule has 1 fully saturated rings. The lowest BCUT2D eigenvalue weighted by Gasteiger charge is -2.16. The molecule has 1 aliphatic rings. The van der Waals surface area contributed by atoms with E-state index in [0.29, 0.717) is 32.9 Å². The molecule has 1 aromatic carbocycles. The van der Waals surface area contributed by atoms with Crippen molar-refractivity contribution in [2.24, 2.45) is 5.92 Å². The molecule has 3 aromatic rings. The topological polar surface area (TPSA) is 73.1 Å². The van der Waals surface area contributed by atoms with Crippen molar-refractivity contribution in [2.45, 2.75) is 13.8 Å². The van der Waals surface area contributed by atoms with Crippen LogP contribution in [0.1, 0.15) is 19.4 Å². The molecule has 2 aromatic heterocycles. The van der Waals surface area contributed by atoms with Gasteiger partial charge in [-0.25, -0.2) is 0 Å². The zero-order valence-corrected chi connectivity index (χ0v) is 19.4. The number of methoxy groups -OCH3 is 1. The van der Waals surface area contributed by atoms with E-state index in [2.05, 4.69) is 4.98 Å². The molecule has 0 spiro atoms. The highest BCUT2D eigenvalue weighted by molar-refractivity contribution is 8.26. The second kappa shape index (κ2) is 9.13. The van der Waals surface area contributed by atoms with E-state index in [1.165, 1.54) is 29.3 Å². The van der Waals surface area contributed by atoms with Gasteiger partial charge < -0.3 is 9.47 Å². The molecule has 4 rings (SSSR count). The zero-order valence-electron chi connectivity index (χ0n) is 17.8. The van der Waals surface area contributed by atoms with Crippen molar-refractivity contribution in [1.29, 1.82) is 0 Å². The number of amides is 1. The summed E-state index contributed by atoms with van der Waals surface area (Å²) in [4.78, 5) is 32.7. The Balaban J connectivity index is 1.85. The number of carbonyl (C=O) groups excluding carboxylic acids is 1. The number of benzene rings is 1. The molecule has 0 N–H and O–H groups in total. The summed E-state index contributed by atoms with van der Waals surface area (Å²) in [5.74, 6) is 1.02. The molecule has 1 amide bonds. The molecule has 3 heterocycles. The summed E-state index contributed by atoms with van der Waals surface area (Å²) in [7, 11) is 1.53. The number of aromatic nitrogens is 2. The van der Waals surface area contributed by atoms with Crippen LogP contribution in [0.5, 0.6) is 17.4 Å². The molecule has 0 bridgehead atoms. The number of para-hydroxylation sites is 2. The second-order valence-corrected chi connectivity index (χ2v) is 9.18. The smallest absolute Gasteiger partial charge is 0.269 e. The molecule has 164 valence electrons. The highest BCUT2D eigenvalue weighted by Crippen LogP contribution is 2.36. The molecule has 0 atom stereocenters. The Morgan fingerprint density at radius 1 is 1.12 bits per heavy atom. The van der Waals surface area contributed by atoms with Crippen LogP contribution >= 0.6 is 24.0 Å². The van der Waals surface area contributed by atoms with E-state index >= 15 is 0 Å². The Labute approximate surface area is 194 Å². The van der Waals surface area contributed by atoms with Gasteiger partial charge in [-0.05, 0) is 36.3 Å². The first-order chi connectivity index (χ1) is 15.4. The molecule has 0 saturated carbocycles. The van der Waals surface area contributed by atoms with E-state index in [9.17, 15) is 9.59 Å². The van der Waals surface area contributed by atoms with Gasteiger partial charge in [0.25, 0.3) is 11.5 Å². The summed E-state index contributed by atoms with van der Waals surface area (Å²) in [6, 6.07) is 12.3. The third-order valence-corrected chi connectivity index (χ3v) is 6.08. The van der Waals surface area contributed by atoms with Gasteiger partial charge in [0.05, 0.1) is 12.0 Å². The van der Waals surface area contributed by atoms with Crippen molar-refractivity contribution in [1.82, 2.24) is 14.3 Å². The first-order valence-electron chi connectivity index (χ1n) is 9.96. The summed E-state index contributed by atoms with van der Waals surface area (Å²) in [5.41, 5.74) is 0.228. The fourth-order valence-corrected chi connectivity index (χ4v) is 4.50.